The van der Waals surface area contributed by atoms with E-state index in [2.05, 4.69) is 20.6 Å². The molecule has 24 heavy (non-hydrogen) atoms. The predicted molar refractivity (Wildman–Crippen MR) is 101 cm³/mol. The lowest BCUT2D eigenvalue weighted by atomic mass is 10.1. The van der Waals surface area contributed by atoms with Crippen LogP contribution in [0, 0.1) is 0 Å². The Labute approximate surface area is 149 Å². The number of nitrogens with one attached hydrogen (secondary N) is 2. The number of rotatable bonds is 3. The first-order chi connectivity index (χ1) is 11.3. The fraction of sp³-hybridized carbons (Fsp3) is 0.118. The van der Waals surface area contributed by atoms with Gasteiger partial charge in [-0.05, 0) is 24.3 Å². The number of halogens is 1. The van der Waals surface area contributed by atoms with Gasteiger partial charge in [-0.25, -0.2) is 4.98 Å². The second-order valence-corrected chi connectivity index (χ2v) is 6.21. The van der Waals surface area contributed by atoms with E-state index in [4.69, 9.17) is 0 Å². The standard InChI is InChI=1S/C17H14N4OS.ClH/c22-16(21-17-20-13-3-1-2-4-14(13)23-17)12-7-5-11(6-8-12)15-18-9-10-19-15;/h1-8H,9-10H2,(H,18,19)(H,20,21,22);1H. The number of anilines is 1. The first kappa shape index (κ1) is 16.4. The molecule has 0 radical (unpaired) electrons. The van der Waals surface area contributed by atoms with Gasteiger partial charge in [0.05, 0.1) is 16.8 Å². The van der Waals surface area contributed by atoms with Gasteiger partial charge in [-0.15, -0.1) is 12.4 Å². The Morgan fingerprint density at radius 1 is 1.12 bits per heavy atom. The van der Waals surface area contributed by atoms with Crippen LogP contribution in [-0.2, 0) is 0 Å². The zero-order chi connectivity index (χ0) is 15.6. The van der Waals surface area contributed by atoms with Gasteiger partial charge in [0.2, 0.25) is 0 Å². The van der Waals surface area contributed by atoms with Gasteiger partial charge in [0.1, 0.15) is 5.84 Å². The molecule has 0 atom stereocenters. The summed E-state index contributed by atoms with van der Waals surface area (Å²) in [6.07, 6.45) is 0. The number of nitrogens with zero attached hydrogens (tertiary/aromatic N) is 2. The lowest BCUT2D eigenvalue weighted by Gasteiger charge is -2.04. The molecule has 4 rings (SSSR count). The van der Waals surface area contributed by atoms with E-state index in [9.17, 15) is 4.79 Å². The van der Waals surface area contributed by atoms with Crippen LogP contribution in [0.5, 0.6) is 0 Å². The van der Waals surface area contributed by atoms with Crippen LogP contribution in [0.4, 0.5) is 5.13 Å². The third kappa shape index (κ3) is 3.25. The van der Waals surface area contributed by atoms with Crippen molar-refractivity contribution in [3.05, 3.63) is 59.7 Å². The highest BCUT2D eigenvalue weighted by molar-refractivity contribution is 7.22. The van der Waals surface area contributed by atoms with Crippen molar-refractivity contribution in [2.24, 2.45) is 4.99 Å². The average Bonchev–Trinajstić information content (AvgIpc) is 3.24. The minimum absolute atomic E-state index is 0. The summed E-state index contributed by atoms with van der Waals surface area (Å²) in [5.74, 6) is 0.736. The number of carbonyl (C=O) groups excluding carboxylic acids is 1. The molecule has 1 aliphatic heterocycles. The molecule has 0 bridgehead atoms. The van der Waals surface area contributed by atoms with Crippen LogP contribution in [0.1, 0.15) is 15.9 Å². The lowest BCUT2D eigenvalue weighted by molar-refractivity contribution is 0.102. The Morgan fingerprint density at radius 3 is 2.62 bits per heavy atom. The molecule has 122 valence electrons. The number of thiazole rings is 1. The number of aliphatic imine (C=N–C) groups is 1. The summed E-state index contributed by atoms with van der Waals surface area (Å²) in [6.45, 7) is 1.67. The molecule has 2 aromatic carbocycles. The molecule has 1 aromatic heterocycles. The van der Waals surface area contributed by atoms with Crippen LogP contribution in [0.15, 0.2) is 53.5 Å². The van der Waals surface area contributed by atoms with E-state index in [0.717, 1.165) is 34.7 Å². The number of amidine groups is 1. The molecular formula is C17H15ClN4OS. The van der Waals surface area contributed by atoms with E-state index in [-0.39, 0.29) is 18.3 Å². The first-order valence-corrected chi connectivity index (χ1v) is 8.17. The van der Waals surface area contributed by atoms with Crippen molar-refractivity contribution >= 4 is 50.8 Å². The number of fused-ring (bicyclic) bond motifs is 1. The van der Waals surface area contributed by atoms with Crippen molar-refractivity contribution in [1.29, 1.82) is 0 Å². The van der Waals surface area contributed by atoms with Crippen molar-refractivity contribution in [1.82, 2.24) is 10.3 Å². The number of aromatic nitrogens is 1. The number of benzene rings is 2. The Morgan fingerprint density at radius 2 is 1.92 bits per heavy atom. The van der Waals surface area contributed by atoms with Gasteiger partial charge in [-0.2, -0.15) is 0 Å². The van der Waals surface area contributed by atoms with Crippen LogP contribution >= 0.6 is 23.7 Å². The van der Waals surface area contributed by atoms with E-state index < -0.39 is 0 Å². The van der Waals surface area contributed by atoms with Gasteiger partial charge in [0.15, 0.2) is 5.13 Å². The summed E-state index contributed by atoms with van der Waals surface area (Å²) in [4.78, 5) is 21.1. The van der Waals surface area contributed by atoms with Crippen molar-refractivity contribution in [2.75, 3.05) is 18.4 Å². The average molecular weight is 359 g/mol. The second-order valence-electron chi connectivity index (χ2n) is 5.18. The van der Waals surface area contributed by atoms with Gasteiger partial charge < -0.3 is 5.32 Å². The Bertz CT molecular complexity index is 871. The Kier molecular flexibility index (Phi) is 4.78. The molecule has 0 saturated carbocycles. The second kappa shape index (κ2) is 6.98. The zero-order valence-electron chi connectivity index (χ0n) is 12.7. The zero-order valence-corrected chi connectivity index (χ0v) is 14.3. The van der Waals surface area contributed by atoms with Crippen molar-refractivity contribution < 1.29 is 4.79 Å². The predicted octanol–water partition coefficient (Wildman–Crippen LogP) is 3.32. The molecule has 2 heterocycles. The van der Waals surface area contributed by atoms with Crippen molar-refractivity contribution in [3.63, 3.8) is 0 Å². The van der Waals surface area contributed by atoms with Crippen LogP contribution in [0.3, 0.4) is 0 Å². The lowest BCUT2D eigenvalue weighted by Crippen LogP contribution is -2.19. The van der Waals surface area contributed by atoms with Gasteiger partial charge in [0.25, 0.3) is 5.91 Å². The van der Waals surface area contributed by atoms with E-state index in [1.54, 1.807) is 12.1 Å². The summed E-state index contributed by atoms with van der Waals surface area (Å²) in [5.41, 5.74) is 2.50. The third-order valence-corrected chi connectivity index (χ3v) is 4.56. The number of carbonyl (C=O) groups is 1. The van der Waals surface area contributed by atoms with Crippen LogP contribution in [0.2, 0.25) is 0 Å². The van der Waals surface area contributed by atoms with Crippen molar-refractivity contribution in [2.45, 2.75) is 0 Å². The van der Waals surface area contributed by atoms with Crippen LogP contribution in [-0.4, -0.2) is 29.8 Å². The normalized spacial score (nSPS) is 13.1. The number of hydrogen-bond donors (Lipinski definition) is 2. The van der Waals surface area contributed by atoms with Gasteiger partial charge >= 0.3 is 0 Å². The molecule has 0 aliphatic carbocycles. The molecular weight excluding hydrogens is 344 g/mol. The molecule has 0 spiro atoms. The van der Waals surface area contributed by atoms with E-state index in [1.165, 1.54) is 11.3 Å². The maximum Gasteiger partial charge on any atom is 0.257 e. The van der Waals surface area contributed by atoms with E-state index >= 15 is 0 Å². The maximum atomic E-state index is 12.3. The van der Waals surface area contributed by atoms with Crippen molar-refractivity contribution in [3.8, 4) is 0 Å². The minimum Gasteiger partial charge on any atom is -0.368 e. The number of amides is 1. The fourth-order valence-electron chi connectivity index (χ4n) is 2.47. The van der Waals surface area contributed by atoms with Gasteiger partial charge in [-0.1, -0.05) is 35.6 Å². The monoisotopic (exact) mass is 358 g/mol. The summed E-state index contributed by atoms with van der Waals surface area (Å²) in [6, 6.07) is 15.3. The fourth-order valence-corrected chi connectivity index (χ4v) is 3.33. The van der Waals surface area contributed by atoms with Gasteiger partial charge in [0, 0.05) is 17.7 Å². The highest BCUT2D eigenvalue weighted by Crippen LogP contribution is 2.25. The van der Waals surface area contributed by atoms with Gasteiger partial charge in [-0.3, -0.25) is 15.1 Å². The largest absolute Gasteiger partial charge is 0.368 e. The quantitative estimate of drug-likeness (QED) is 0.754. The molecule has 2 N–H and O–H groups in total. The summed E-state index contributed by atoms with van der Waals surface area (Å²) >= 11 is 1.47. The smallest absolute Gasteiger partial charge is 0.257 e. The van der Waals surface area contributed by atoms with Crippen LogP contribution < -0.4 is 10.6 Å². The van der Waals surface area contributed by atoms with Crippen LogP contribution in [0.25, 0.3) is 10.2 Å². The highest BCUT2D eigenvalue weighted by atomic mass is 35.5. The summed E-state index contributed by atoms with van der Waals surface area (Å²) < 4.78 is 1.06. The minimum atomic E-state index is -0.156. The Hall–Kier alpha value is -2.44. The third-order valence-electron chi connectivity index (χ3n) is 3.61. The van der Waals surface area contributed by atoms with E-state index in [0.29, 0.717) is 10.7 Å². The molecule has 1 aliphatic rings. The maximum absolute atomic E-state index is 12.3. The molecule has 0 saturated heterocycles. The molecule has 3 aromatic rings. The number of para-hydroxylation sites is 1. The molecule has 7 heteroatoms. The Balaban J connectivity index is 0.00000169. The molecule has 1 amide bonds. The molecule has 0 fully saturated rings. The molecule has 5 nitrogen and oxygen atoms in total. The summed E-state index contributed by atoms with van der Waals surface area (Å²) in [7, 11) is 0. The summed E-state index contributed by atoms with van der Waals surface area (Å²) in [5, 5.41) is 6.69. The topological polar surface area (TPSA) is 66.4 Å². The van der Waals surface area contributed by atoms with E-state index in [1.807, 2.05) is 36.4 Å². The SMILES string of the molecule is Cl.O=C(Nc1nc2ccccc2s1)c1ccc(C2=NCCN2)cc1. The number of hydrogen-bond acceptors (Lipinski definition) is 5. The first-order valence-electron chi connectivity index (χ1n) is 7.35. The molecule has 0 unspecified atom stereocenters. The highest BCUT2D eigenvalue weighted by Gasteiger charge is 2.12.